The highest BCUT2D eigenvalue weighted by Gasteiger charge is 2.18. The fourth-order valence-corrected chi connectivity index (χ4v) is 3.64. The molecule has 6 heteroatoms. The van der Waals surface area contributed by atoms with Crippen LogP contribution in [0.2, 0.25) is 0 Å². The van der Waals surface area contributed by atoms with Gasteiger partial charge >= 0.3 is 0 Å². The van der Waals surface area contributed by atoms with Gasteiger partial charge in [-0.2, -0.15) is 0 Å². The Balaban J connectivity index is 2.89. The molecule has 0 heterocycles. The van der Waals surface area contributed by atoms with E-state index < -0.39 is 9.84 Å². The number of rotatable bonds is 6. The van der Waals surface area contributed by atoms with Crippen molar-refractivity contribution >= 4 is 31.5 Å². The summed E-state index contributed by atoms with van der Waals surface area (Å²) in [5, 5.41) is 0. The molecule has 0 aliphatic rings. The largest absolute Gasteiger partial charge is 0.398 e. The quantitative estimate of drug-likeness (QED) is 0.809. The number of anilines is 1. The van der Waals surface area contributed by atoms with Gasteiger partial charge in [-0.25, -0.2) is 8.42 Å². The first kappa shape index (κ1) is 15.5. The van der Waals surface area contributed by atoms with Crippen molar-refractivity contribution in [2.45, 2.75) is 18.7 Å². The number of nitrogen functional groups attached to an aromatic ring is 1. The van der Waals surface area contributed by atoms with Crippen LogP contribution in [0.3, 0.4) is 0 Å². The van der Waals surface area contributed by atoms with Gasteiger partial charge in [-0.15, -0.1) is 0 Å². The van der Waals surface area contributed by atoms with E-state index >= 15 is 0 Å². The molecule has 0 aliphatic carbocycles. The van der Waals surface area contributed by atoms with Crippen molar-refractivity contribution < 1.29 is 8.42 Å². The van der Waals surface area contributed by atoms with Crippen LogP contribution >= 0.6 is 15.9 Å². The molecule has 0 unspecified atom stereocenters. The molecule has 1 aromatic carbocycles. The van der Waals surface area contributed by atoms with Crippen molar-refractivity contribution in [2.24, 2.45) is 0 Å². The zero-order valence-corrected chi connectivity index (χ0v) is 13.1. The summed E-state index contributed by atoms with van der Waals surface area (Å²) < 4.78 is 25.1. The van der Waals surface area contributed by atoms with Gasteiger partial charge in [0, 0.05) is 11.0 Å². The van der Waals surface area contributed by atoms with Crippen LogP contribution in [0, 0.1) is 0 Å². The monoisotopic (exact) mass is 334 g/mol. The van der Waals surface area contributed by atoms with E-state index in [0.717, 1.165) is 17.6 Å². The Morgan fingerprint density at radius 1 is 1.28 bits per heavy atom. The Labute approximate surface area is 117 Å². The number of halogens is 1. The maximum Gasteiger partial charge on any atom is 0.181 e. The molecule has 2 N–H and O–H groups in total. The normalized spacial score (nSPS) is 12.0. The molecular formula is C12H19BrN2O2S. The van der Waals surface area contributed by atoms with Gasteiger partial charge in [0.25, 0.3) is 0 Å². The predicted octanol–water partition coefficient (Wildman–Crippen LogP) is 2.15. The molecular weight excluding hydrogens is 316 g/mol. The number of benzene rings is 1. The van der Waals surface area contributed by atoms with Crippen molar-refractivity contribution in [3.8, 4) is 0 Å². The summed E-state index contributed by atoms with van der Waals surface area (Å²) in [4.78, 5) is 2.29. The standard InChI is InChI=1S/C12H19BrN2O2S/c1-3-15(4-2)7-8-18(16,17)12-9-10(13)5-6-11(12)14/h5-6,9H,3-4,7-8,14H2,1-2H3. The lowest BCUT2D eigenvalue weighted by Crippen LogP contribution is -2.29. The number of nitrogens with zero attached hydrogens (tertiary/aromatic N) is 1. The molecule has 0 atom stereocenters. The smallest absolute Gasteiger partial charge is 0.181 e. The summed E-state index contributed by atoms with van der Waals surface area (Å²) in [6, 6.07) is 4.90. The van der Waals surface area contributed by atoms with Crippen LogP contribution in [0.25, 0.3) is 0 Å². The molecule has 102 valence electrons. The third-order valence-electron chi connectivity index (χ3n) is 2.88. The first-order valence-corrected chi connectivity index (χ1v) is 8.35. The Morgan fingerprint density at radius 2 is 1.89 bits per heavy atom. The van der Waals surface area contributed by atoms with Gasteiger partial charge in [0.05, 0.1) is 16.3 Å². The highest BCUT2D eigenvalue weighted by Crippen LogP contribution is 2.24. The molecule has 1 aromatic rings. The zero-order chi connectivity index (χ0) is 13.8. The molecule has 0 fully saturated rings. The van der Waals surface area contributed by atoms with Crippen molar-refractivity contribution in [3.63, 3.8) is 0 Å². The maximum atomic E-state index is 12.2. The molecule has 4 nitrogen and oxygen atoms in total. The van der Waals surface area contributed by atoms with Gasteiger partial charge in [-0.1, -0.05) is 29.8 Å². The van der Waals surface area contributed by atoms with Crippen LogP contribution < -0.4 is 5.73 Å². The van der Waals surface area contributed by atoms with Crippen LogP contribution in [0.5, 0.6) is 0 Å². The highest BCUT2D eigenvalue weighted by molar-refractivity contribution is 9.10. The van der Waals surface area contributed by atoms with E-state index in [0.29, 0.717) is 12.2 Å². The molecule has 0 aromatic heterocycles. The molecule has 0 aliphatic heterocycles. The van der Waals surface area contributed by atoms with Crippen LogP contribution in [0.1, 0.15) is 13.8 Å². The second-order valence-electron chi connectivity index (χ2n) is 4.03. The SMILES string of the molecule is CCN(CC)CCS(=O)(=O)c1cc(Br)ccc1N. The summed E-state index contributed by atoms with van der Waals surface area (Å²) in [6.07, 6.45) is 0. The minimum absolute atomic E-state index is 0.0926. The van der Waals surface area contributed by atoms with Crippen molar-refractivity contribution in [2.75, 3.05) is 31.1 Å². The van der Waals surface area contributed by atoms with Crippen molar-refractivity contribution in [1.82, 2.24) is 4.90 Å². The van der Waals surface area contributed by atoms with E-state index in [2.05, 4.69) is 20.8 Å². The maximum absolute atomic E-state index is 12.2. The minimum atomic E-state index is -3.33. The van der Waals surface area contributed by atoms with E-state index in [1.54, 1.807) is 18.2 Å². The minimum Gasteiger partial charge on any atom is -0.398 e. The molecule has 0 saturated heterocycles. The molecule has 18 heavy (non-hydrogen) atoms. The average Bonchev–Trinajstić information content (AvgIpc) is 2.33. The molecule has 0 bridgehead atoms. The Morgan fingerprint density at radius 3 is 2.44 bits per heavy atom. The van der Waals surface area contributed by atoms with E-state index in [-0.39, 0.29) is 10.6 Å². The lowest BCUT2D eigenvalue weighted by molar-refractivity contribution is 0.321. The number of sulfone groups is 1. The number of hydrogen-bond donors (Lipinski definition) is 1. The molecule has 1 rings (SSSR count). The van der Waals surface area contributed by atoms with E-state index in [1.807, 2.05) is 13.8 Å². The van der Waals surface area contributed by atoms with Gasteiger partial charge in [-0.3, -0.25) is 0 Å². The van der Waals surface area contributed by atoms with Crippen LogP contribution in [0.4, 0.5) is 5.69 Å². The highest BCUT2D eigenvalue weighted by atomic mass is 79.9. The van der Waals surface area contributed by atoms with Crippen LogP contribution in [0.15, 0.2) is 27.6 Å². The first-order valence-electron chi connectivity index (χ1n) is 5.90. The Bertz CT molecular complexity index is 499. The van der Waals surface area contributed by atoms with Crippen LogP contribution in [-0.4, -0.2) is 38.7 Å². The Hall–Kier alpha value is -0.590. The second-order valence-corrected chi connectivity index (χ2v) is 7.02. The van der Waals surface area contributed by atoms with Gasteiger partial charge in [0.2, 0.25) is 0 Å². The molecule has 0 radical (unpaired) electrons. The lowest BCUT2D eigenvalue weighted by Gasteiger charge is -2.18. The van der Waals surface area contributed by atoms with E-state index in [4.69, 9.17) is 5.73 Å². The number of hydrogen-bond acceptors (Lipinski definition) is 4. The summed E-state index contributed by atoms with van der Waals surface area (Å²) in [5.74, 6) is 0.0926. The third kappa shape index (κ3) is 3.96. The first-order chi connectivity index (χ1) is 8.40. The third-order valence-corrected chi connectivity index (χ3v) is 5.12. The van der Waals surface area contributed by atoms with Gasteiger partial charge < -0.3 is 10.6 Å². The summed E-state index contributed by atoms with van der Waals surface area (Å²) in [5.41, 5.74) is 6.04. The average molecular weight is 335 g/mol. The molecule has 0 spiro atoms. The summed E-state index contributed by atoms with van der Waals surface area (Å²) >= 11 is 3.27. The topological polar surface area (TPSA) is 63.4 Å². The van der Waals surface area contributed by atoms with Crippen LogP contribution in [-0.2, 0) is 9.84 Å². The fourth-order valence-electron chi connectivity index (χ4n) is 1.68. The van der Waals surface area contributed by atoms with Gasteiger partial charge in [-0.05, 0) is 31.3 Å². The van der Waals surface area contributed by atoms with Gasteiger partial charge in [0.1, 0.15) is 0 Å². The molecule has 0 saturated carbocycles. The summed E-state index contributed by atoms with van der Waals surface area (Å²) in [6.45, 7) is 6.26. The number of nitrogens with two attached hydrogens (primary N) is 1. The van der Waals surface area contributed by atoms with E-state index in [1.165, 1.54) is 0 Å². The van der Waals surface area contributed by atoms with E-state index in [9.17, 15) is 8.42 Å². The second kappa shape index (κ2) is 6.54. The van der Waals surface area contributed by atoms with Gasteiger partial charge in [0.15, 0.2) is 9.84 Å². The molecule has 0 amide bonds. The predicted molar refractivity (Wildman–Crippen MR) is 78.4 cm³/mol. The van der Waals surface area contributed by atoms with Crippen molar-refractivity contribution in [1.29, 1.82) is 0 Å². The fraction of sp³-hybridized carbons (Fsp3) is 0.500. The lowest BCUT2D eigenvalue weighted by atomic mass is 10.3. The summed E-state index contributed by atoms with van der Waals surface area (Å²) in [7, 11) is -3.33. The Kier molecular flexibility index (Phi) is 5.62. The van der Waals surface area contributed by atoms with Crippen molar-refractivity contribution in [3.05, 3.63) is 22.7 Å². The zero-order valence-electron chi connectivity index (χ0n) is 10.7.